The molecule has 3 fully saturated rings. The Morgan fingerprint density at radius 1 is 0.873 bits per heavy atom. The van der Waals surface area contributed by atoms with E-state index in [2.05, 4.69) is 6.58 Å². The standard InChI is InChI=1S/C34H40O21/c1-5-17-30(47-12-18-29(44)46-10-9-34(17,18)45)54-33-26(49-14(3)37)25(48-13(2)36)27(32(55-33)50-15(4)38)53-28(43)16-7-6-8-19(21(16)39)51-31-24(42)23(41)22(40)20(11-35)52-31/h5-8,12,17,20,22-27,30-33,35,39-42,45H,1,9-11H2,2-4H3/t17?,20-,22+,23-,24+,25+,26-,27?,30?,31-,32+,33+,34+/m0/s1. The lowest BCUT2D eigenvalue weighted by Crippen LogP contribution is -2.64. The van der Waals surface area contributed by atoms with Crippen LogP contribution in [-0.2, 0) is 61.8 Å². The Kier molecular flexibility index (Phi) is 12.7. The highest BCUT2D eigenvalue weighted by molar-refractivity contribution is 5.93. The number of benzene rings is 1. The lowest BCUT2D eigenvalue weighted by atomic mass is 9.76. The molecule has 55 heavy (non-hydrogen) atoms. The highest BCUT2D eigenvalue weighted by Crippen LogP contribution is 2.43. The summed E-state index contributed by atoms with van der Waals surface area (Å²) in [5.41, 5.74) is -2.74. The SMILES string of the molecule is C=CC1C(O[C@@H]2O[C@@H](OC(C)=O)C(OC(=O)c3cccc(O[C@H]4O[C@@H](CO)[C@@H](O)[C@H](O)[C@H]4O)c3O)[C@H](OC(C)=O)[C@@H]2OC(C)=O)OC=C2C(=O)OCC[C@]21O. The third-order valence-corrected chi connectivity index (χ3v) is 8.98. The van der Waals surface area contributed by atoms with Crippen LogP contribution in [0.3, 0.4) is 0 Å². The van der Waals surface area contributed by atoms with Crippen molar-refractivity contribution in [1.29, 1.82) is 0 Å². The number of rotatable bonds is 11. The number of aliphatic hydroxyl groups is 5. The number of aromatic hydroxyl groups is 1. The van der Waals surface area contributed by atoms with Crippen molar-refractivity contribution in [2.24, 2.45) is 5.92 Å². The summed E-state index contributed by atoms with van der Waals surface area (Å²) in [6.07, 6.45) is -17.5. The number of phenols is 1. The van der Waals surface area contributed by atoms with Gasteiger partial charge in [0, 0.05) is 27.2 Å². The number of esters is 5. The van der Waals surface area contributed by atoms with Crippen molar-refractivity contribution in [1.82, 2.24) is 0 Å². The van der Waals surface area contributed by atoms with Gasteiger partial charge < -0.3 is 78.0 Å². The summed E-state index contributed by atoms with van der Waals surface area (Å²) in [4.78, 5) is 63.2. The van der Waals surface area contributed by atoms with Gasteiger partial charge >= 0.3 is 29.8 Å². The lowest BCUT2D eigenvalue weighted by Gasteiger charge is -2.47. The summed E-state index contributed by atoms with van der Waals surface area (Å²) >= 11 is 0. The molecular weight excluding hydrogens is 744 g/mol. The fourth-order valence-corrected chi connectivity index (χ4v) is 6.36. The molecule has 0 aromatic heterocycles. The summed E-state index contributed by atoms with van der Waals surface area (Å²) in [5.74, 6) is -7.83. The Hall–Kier alpha value is -4.87. The molecule has 0 amide bonds. The maximum absolute atomic E-state index is 13.7. The molecule has 6 N–H and O–H groups in total. The quantitative estimate of drug-likeness (QED) is 0.0799. The zero-order valence-corrected chi connectivity index (χ0v) is 29.5. The Balaban J connectivity index is 1.45. The molecule has 0 spiro atoms. The molecule has 0 aliphatic carbocycles. The molecule has 3 unspecified atom stereocenters. The monoisotopic (exact) mass is 784 g/mol. The predicted octanol–water partition coefficient (Wildman–Crippen LogP) is -2.06. The van der Waals surface area contributed by atoms with Gasteiger partial charge in [-0.3, -0.25) is 14.4 Å². The van der Waals surface area contributed by atoms with Gasteiger partial charge in [-0.2, -0.15) is 0 Å². The smallest absolute Gasteiger partial charge is 0.342 e. The highest BCUT2D eigenvalue weighted by atomic mass is 16.8. The summed E-state index contributed by atoms with van der Waals surface area (Å²) in [5, 5.41) is 62.6. The molecule has 21 heteroatoms. The van der Waals surface area contributed by atoms with Crippen LogP contribution in [0.1, 0.15) is 37.6 Å². The molecule has 0 bridgehead atoms. The minimum atomic E-state index is -1.98. The predicted molar refractivity (Wildman–Crippen MR) is 171 cm³/mol. The molecule has 4 aliphatic heterocycles. The van der Waals surface area contributed by atoms with Crippen molar-refractivity contribution in [2.45, 2.75) is 101 Å². The molecule has 302 valence electrons. The summed E-state index contributed by atoms with van der Waals surface area (Å²) in [7, 11) is 0. The first-order chi connectivity index (χ1) is 26.0. The van der Waals surface area contributed by atoms with E-state index in [9.17, 15) is 54.6 Å². The number of aliphatic hydroxyl groups excluding tert-OH is 4. The third-order valence-electron chi connectivity index (χ3n) is 8.98. The fourth-order valence-electron chi connectivity index (χ4n) is 6.36. The van der Waals surface area contributed by atoms with Crippen molar-refractivity contribution in [2.75, 3.05) is 13.2 Å². The Bertz CT molecular complexity index is 1680. The van der Waals surface area contributed by atoms with E-state index >= 15 is 0 Å². The van der Waals surface area contributed by atoms with Gasteiger partial charge in [-0.1, -0.05) is 12.1 Å². The highest BCUT2D eigenvalue weighted by Gasteiger charge is 2.58. The number of para-hydroxylation sites is 1. The van der Waals surface area contributed by atoms with Gasteiger partial charge in [0.15, 0.2) is 23.7 Å². The first-order valence-electron chi connectivity index (χ1n) is 16.7. The molecule has 0 saturated carbocycles. The summed E-state index contributed by atoms with van der Waals surface area (Å²) in [6, 6.07) is 3.39. The van der Waals surface area contributed by atoms with Gasteiger partial charge in [0.1, 0.15) is 41.2 Å². The topological polar surface area (TPSA) is 299 Å². The maximum atomic E-state index is 13.7. The zero-order chi connectivity index (χ0) is 40.4. The molecule has 21 nitrogen and oxygen atoms in total. The van der Waals surface area contributed by atoms with Crippen LogP contribution in [0, 0.1) is 5.92 Å². The van der Waals surface area contributed by atoms with E-state index in [1.807, 2.05) is 0 Å². The van der Waals surface area contributed by atoms with E-state index < -0.39 is 133 Å². The first kappa shape index (κ1) is 41.3. The van der Waals surface area contributed by atoms with Crippen LogP contribution in [0.15, 0.2) is 42.7 Å². The van der Waals surface area contributed by atoms with Crippen molar-refractivity contribution < 1.29 is 102 Å². The normalized spacial score (nSPS) is 35.7. The van der Waals surface area contributed by atoms with E-state index in [0.29, 0.717) is 0 Å². The average Bonchev–Trinajstić information content (AvgIpc) is 3.11. The molecule has 0 radical (unpaired) electrons. The van der Waals surface area contributed by atoms with Crippen LogP contribution in [-0.4, -0.2) is 147 Å². The second kappa shape index (κ2) is 16.9. The van der Waals surface area contributed by atoms with Crippen LogP contribution < -0.4 is 4.74 Å². The number of carbonyl (C=O) groups is 5. The lowest BCUT2D eigenvalue weighted by molar-refractivity contribution is -0.371. The van der Waals surface area contributed by atoms with Crippen LogP contribution in [0.25, 0.3) is 0 Å². The van der Waals surface area contributed by atoms with E-state index in [1.54, 1.807) is 0 Å². The Morgan fingerprint density at radius 2 is 1.53 bits per heavy atom. The van der Waals surface area contributed by atoms with Crippen LogP contribution in [0.2, 0.25) is 0 Å². The second-order valence-corrected chi connectivity index (χ2v) is 12.7. The van der Waals surface area contributed by atoms with Crippen molar-refractivity contribution >= 4 is 29.8 Å². The molecule has 1 aromatic rings. The summed E-state index contributed by atoms with van der Waals surface area (Å²) in [6.45, 7) is 5.67. The number of ether oxygens (including phenoxy) is 10. The van der Waals surface area contributed by atoms with E-state index in [4.69, 9.17) is 47.4 Å². The minimum Gasteiger partial charge on any atom is -0.504 e. The second-order valence-electron chi connectivity index (χ2n) is 12.7. The van der Waals surface area contributed by atoms with Crippen LogP contribution in [0.4, 0.5) is 0 Å². The Morgan fingerprint density at radius 3 is 2.16 bits per heavy atom. The van der Waals surface area contributed by atoms with Crippen LogP contribution in [0.5, 0.6) is 11.5 Å². The molecule has 1 aromatic carbocycles. The van der Waals surface area contributed by atoms with Crippen molar-refractivity contribution in [3.05, 3.63) is 48.3 Å². The molecule has 5 rings (SSSR count). The molecular formula is C34H40O21. The third kappa shape index (κ3) is 8.53. The van der Waals surface area contributed by atoms with Gasteiger partial charge in [-0.25, -0.2) is 9.59 Å². The van der Waals surface area contributed by atoms with Gasteiger partial charge in [0.05, 0.1) is 25.4 Å². The van der Waals surface area contributed by atoms with E-state index in [0.717, 1.165) is 39.2 Å². The van der Waals surface area contributed by atoms with Crippen molar-refractivity contribution in [3.63, 3.8) is 0 Å². The fraction of sp³-hybridized carbons (Fsp3) is 0.559. The van der Waals surface area contributed by atoms with Gasteiger partial charge in [0.2, 0.25) is 31.3 Å². The van der Waals surface area contributed by atoms with Gasteiger partial charge in [-0.15, -0.1) is 6.58 Å². The van der Waals surface area contributed by atoms with E-state index in [-0.39, 0.29) is 18.6 Å². The molecule has 4 heterocycles. The first-order valence-corrected chi connectivity index (χ1v) is 16.7. The Labute approximate surface area is 311 Å². The number of cyclic esters (lactones) is 1. The van der Waals surface area contributed by atoms with Crippen LogP contribution >= 0.6 is 0 Å². The number of phenolic OH excluding ortho intramolecular Hbond substituents is 1. The van der Waals surface area contributed by atoms with E-state index in [1.165, 1.54) is 12.1 Å². The maximum Gasteiger partial charge on any atom is 0.342 e. The zero-order valence-electron chi connectivity index (χ0n) is 29.5. The van der Waals surface area contributed by atoms with Gasteiger partial charge in [0.25, 0.3) is 0 Å². The average molecular weight is 785 g/mol. The molecule has 4 aliphatic rings. The molecule has 13 atom stereocenters. The summed E-state index contributed by atoms with van der Waals surface area (Å²) < 4.78 is 54.9. The van der Waals surface area contributed by atoms with Gasteiger partial charge in [-0.05, 0) is 12.1 Å². The number of hydrogen-bond donors (Lipinski definition) is 6. The largest absolute Gasteiger partial charge is 0.504 e. The number of hydrogen-bond acceptors (Lipinski definition) is 21. The number of fused-ring (bicyclic) bond motifs is 1. The van der Waals surface area contributed by atoms with Crippen molar-refractivity contribution in [3.8, 4) is 11.5 Å². The minimum absolute atomic E-state index is 0.0881. The number of carbonyl (C=O) groups excluding carboxylic acids is 5. The molecule has 3 saturated heterocycles.